The van der Waals surface area contributed by atoms with Gasteiger partial charge in [0.05, 0.1) is 6.10 Å². The van der Waals surface area contributed by atoms with Gasteiger partial charge in [-0.3, -0.25) is 19.1 Å². The van der Waals surface area contributed by atoms with Crippen LogP contribution in [0, 0.1) is 0 Å². The molecule has 0 unspecified atom stereocenters. The van der Waals surface area contributed by atoms with E-state index in [4.69, 9.17) is 4.74 Å². The van der Waals surface area contributed by atoms with E-state index >= 15 is 0 Å². The van der Waals surface area contributed by atoms with Crippen LogP contribution in [0.25, 0.3) is 10.8 Å². The second-order valence-corrected chi connectivity index (χ2v) is 7.71. The average Bonchev–Trinajstić information content (AvgIpc) is 2.64. The number of H-pyrrole nitrogens is 1. The molecule has 3 rings (SSSR count). The van der Waals surface area contributed by atoms with Crippen molar-refractivity contribution in [2.75, 3.05) is 0 Å². The largest absolute Gasteiger partial charge is 0.462 e. The lowest BCUT2D eigenvalue weighted by molar-refractivity contribution is -0.148. The number of nitrogens with one attached hydrogen (secondary N) is 1. The van der Waals surface area contributed by atoms with Crippen LogP contribution in [-0.2, 0) is 22.5 Å². The third-order valence-corrected chi connectivity index (χ3v) is 4.82. The molecule has 0 atom stereocenters. The molecule has 0 saturated heterocycles. The Balaban J connectivity index is 2.18. The summed E-state index contributed by atoms with van der Waals surface area (Å²) < 4.78 is 6.56. The Labute approximate surface area is 169 Å². The summed E-state index contributed by atoms with van der Waals surface area (Å²) in [5, 5.41) is 2.13. The number of hydrogen-bond donors (Lipinski definition) is 1. The third-order valence-electron chi connectivity index (χ3n) is 4.82. The van der Waals surface area contributed by atoms with E-state index in [1.54, 1.807) is 13.8 Å². The molecule has 1 heterocycles. The maximum absolute atomic E-state index is 12.6. The highest BCUT2D eigenvalue weighted by Crippen LogP contribution is 2.24. The summed E-state index contributed by atoms with van der Waals surface area (Å²) in [4.78, 5) is 39.8. The van der Waals surface area contributed by atoms with Gasteiger partial charge in [0.2, 0.25) is 0 Å². The minimum Gasteiger partial charge on any atom is -0.462 e. The van der Waals surface area contributed by atoms with Gasteiger partial charge in [-0.1, -0.05) is 56.3 Å². The molecule has 6 heteroatoms. The van der Waals surface area contributed by atoms with Crippen molar-refractivity contribution in [3.05, 3.63) is 80.1 Å². The molecule has 29 heavy (non-hydrogen) atoms. The Hall–Kier alpha value is -3.15. The molecule has 0 fully saturated rings. The number of esters is 1. The van der Waals surface area contributed by atoms with Crippen LogP contribution >= 0.6 is 0 Å². The van der Waals surface area contributed by atoms with Crippen molar-refractivity contribution in [2.24, 2.45) is 0 Å². The van der Waals surface area contributed by atoms with E-state index in [0.717, 1.165) is 16.3 Å². The zero-order valence-electron chi connectivity index (χ0n) is 17.2. The summed E-state index contributed by atoms with van der Waals surface area (Å²) >= 11 is 0. The van der Waals surface area contributed by atoms with Crippen LogP contribution in [0.4, 0.5) is 0 Å². The smallest absolute Gasteiger partial charge is 0.329 e. The second kappa shape index (κ2) is 8.47. The molecule has 0 amide bonds. The van der Waals surface area contributed by atoms with Crippen molar-refractivity contribution < 1.29 is 9.53 Å². The zero-order chi connectivity index (χ0) is 21.1. The Bertz CT molecular complexity index is 1150. The highest BCUT2D eigenvalue weighted by atomic mass is 16.5. The summed E-state index contributed by atoms with van der Waals surface area (Å²) in [6, 6.07) is 13.9. The molecule has 0 aliphatic rings. The van der Waals surface area contributed by atoms with Gasteiger partial charge in [0.25, 0.3) is 5.56 Å². The summed E-state index contributed by atoms with van der Waals surface area (Å²) in [6.07, 6.45) is 0.0789. The molecule has 0 aliphatic carbocycles. The number of nitrogens with zero attached hydrogens (tertiary/aromatic N) is 1. The first-order valence-electron chi connectivity index (χ1n) is 9.80. The number of carbonyl (C=O) groups is 1. The molecule has 0 radical (unpaired) electrons. The molecular formula is C23H26N2O4. The van der Waals surface area contributed by atoms with Gasteiger partial charge in [-0.2, -0.15) is 0 Å². The fraction of sp³-hybridized carbons (Fsp3) is 0.348. The van der Waals surface area contributed by atoms with Crippen molar-refractivity contribution in [1.82, 2.24) is 9.55 Å². The minimum absolute atomic E-state index is 0.114. The van der Waals surface area contributed by atoms with Crippen molar-refractivity contribution in [3.63, 3.8) is 0 Å². The highest BCUT2D eigenvalue weighted by Gasteiger charge is 2.21. The first kappa shape index (κ1) is 20.6. The van der Waals surface area contributed by atoms with Gasteiger partial charge >= 0.3 is 11.7 Å². The SMILES string of the molecule is CC(C)OC(=O)Cn1c(Cc2cccc3ccccc23)c(C(C)C)c(=O)[nH]c1=O. The number of ether oxygens (including phenoxy) is 1. The van der Waals surface area contributed by atoms with Gasteiger partial charge < -0.3 is 4.74 Å². The van der Waals surface area contributed by atoms with E-state index in [9.17, 15) is 14.4 Å². The molecule has 1 aromatic heterocycles. The second-order valence-electron chi connectivity index (χ2n) is 7.71. The van der Waals surface area contributed by atoms with Crippen molar-refractivity contribution in [3.8, 4) is 0 Å². The summed E-state index contributed by atoms with van der Waals surface area (Å²) in [5.74, 6) is -0.625. The van der Waals surface area contributed by atoms with Crippen LogP contribution in [0.3, 0.4) is 0 Å². The molecule has 3 aromatic rings. The first-order valence-corrected chi connectivity index (χ1v) is 9.80. The molecule has 1 N–H and O–H groups in total. The van der Waals surface area contributed by atoms with Crippen molar-refractivity contribution in [1.29, 1.82) is 0 Å². The van der Waals surface area contributed by atoms with Crippen LogP contribution in [0.1, 0.15) is 50.4 Å². The lowest BCUT2D eigenvalue weighted by atomic mass is 9.95. The first-order chi connectivity index (χ1) is 13.8. The maximum Gasteiger partial charge on any atom is 0.329 e. The van der Waals surface area contributed by atoms with E-state index in [1.165, 1.54) is 4.57 Å². The van der Waals surface area contributed by atoms with Crippen LogP contribution < -0.4 is 11.2 Å². The van der Waals surface area contributed by atoms with E-state index in [1.807, 2.05) is 56.3 Å². The Morgan fingerprint density at radius 1 is 1.03 bits per heavy atom. The number of benzene rings is 2. The molecule has 2 aromatic carbocycles. The molecular weight excluding hydrogens is 368 g/mol. The van der Waals surface area contributed by atoms with Crippen LogP contribution in [0.5, 0.6) is 0 Å². The highest BCUT2D eigenvalue weighted by molar-refractivity contribution is 5.86. The lowest BCUT2D eigenvalue weighted by Crippen LogP contribution is -2.38. The lowest BCUT2D eigenvalue weighted by Gasteiger charge is -2.19. The number of aromatic nitrogens is 2. The van der Waals surface area contributed by atoms with E-state index in [2.05, 4.69) is 4.98 Å². The van der Waals surface area contributed by atoms with Crippen molar-refractivity contribution >= 4 is 16.7 Å². The molecule has 0 aliphatic heterocycles. The molecule has 6 nitrogen and oxygen atoms in total. The van der Waals surface area contributed by atoms with Crippen LogP contribution in [-0.4, -0.2) is 21.6 Å². The van der Waals surface area contributed by atoms with E-state index in [-0.39, 0.29) is 18.6 Å². The van der Waals surface area contributed by atoms with Gasteiger partial charge in [0.1, 0.15) is 6.54 Å². The maximum atomic E-state index is 12.6. The van der Waals surface area contributed by atoms with Gasteiger partial charge in [0, 0.05) is 17.7 Å². The fourth-order valence-electron chi connectivity index (χ4n) is 3.64. The van der Waals surface area contributed by atoms with Crippen LogP contribution in [0.15, 0.2) is 52.1 Å². The number of fused-ring (bicyclic) bond motifs is 1. The molecule has 0 bridgehead atoms. The number of carbonyl (C=O) groups excluding carboxylic acids is 1. The van der Waals surface area contributed by atoms with Gasteiger partial charge in [-0.25, -0.2) is 4.79 Å². The Morgan fingerprint density at radius 2 is 1.72 bits per heavy atom. The fourth-order valence-corrected chi connectivity index (χ4v) is 3.64. The van der Waals surface area contributed by atoms with E-state index < -0.39 is 17.2 Å². The zero-order valence-corrected chi connectivity index (χ0v) is 17.2. The van der Waals surface area contributed by atoms with Gasteiger partial charge in [-0.15, -0.1) is 0 Å². The predicted molar refractivity (Wildman–Crippen MR) is 113 cm³/mol. The Kier molecular flexibility index (Phi) is 6.01. The van der Waals surface area contributed by atoms with Crippen molar-refractivity contribution in [2.45, 2.75) is 52.7 Å². The van der Waals surface area contributed by atoms with Gasteiger partial charge in [0.15, 0.2) is 0 Å². The van der Waals surface area contributed by atoms with E-state index in [0.29, 0.717) is 17.7 Å². The topological polar surface area (TPSA) is 81.2 Å². The standard InChI is InChI=1S/C23H26N2O4/c1-14(2)21-19(12-17-10-7-9-16-8-5-6-11-18(16)17)25(23(28)24-22(21)27)13-20(26)29-15(3)4/h5-11,14-15H,12-13H2,1-4H3,(H,24,27,28). The quantitative estimate of drug-likeness (QED) is 0.650. The summed E-state index contributed by atoms with van der Waals surface area (Å²) in [5.41, 5.74) is 1.03. The number of rotatable bonds is 6. The minimum atomic E-state index is -0.602. The van der Waals surface area contributed by atoms with Crippen LogP contribution in [0.2, 0.25) is 0 Å². The number of hydrogen-bond acceptors (Lipinski definition) is 4. The normalized spacial score (nSPS) is 11.4. The predicted octanol–water partition coefficient (Wildman–Crippen LogP) is 3.36. The molecule has 0 spiro atoms. The number of aromatic amines is 1. The van der Waals surface area contributed by atoms with Gasteiger partial charge in [-0.05, 0) is 36.1 Å². The average molecular weight is 394 g/mol. The molecule has 0 saturated carbocycles. The summed E-state index contributed by atoms with van der Waals surface area (Å²) in [6.45, 7) is 7.07. The molecule has 152 valence electrons. The summed E-state index contributed by atoms with van der Waals surface area (Å²) in [7, 11) is 0. The Morgan fingerprint density at radius 3 is 2.41 bits per heavy atom. The third kappa shape index (κ3) is 4.47. The monoisotopic (exact) mass is 394 g/mol.